The highest BCUT2D eigenvalue weighted by molar-refractivity contribution is 5.99. The number of hydrazine groups is 1. The summed E-state index contributed by atoms with van der Waals surface area (Å²) in [4.78, 5) is 16.0. The Morgan fingerprint density at radius 3 is 2.90 bits per heavy atom. The van der Waals surface area contributed by atoms with Gasteiger partial charge in [0.1, 0.15) is 5.75 Å². The Morgan fingerprint density at radius 1 is 1.35 bits per heavy atom. The minimum Gasteiger partial charge on any atom is -0.496 e. The van der Waals surface area contributed by atoms with E-state index in [0.29, 0.717) is 17.8 Å². The molecule has 4 N–H and O–H groups in total. The second-order valence-corrected chi connectivity index (χ2v) is 4.06. The number of hydrogen-bond donors (Lipinski definition) is 3. The first-order valence-corrected chi connectivity index (χ1v) is 6.07. The molecule has 0 saturated carbocycles. The summed E-state index contributed by atoms with van der Waals surface area (Å²) < 4.78 is 5.23. The molecule has 0 unspecified atom stereocenters. The van der Waals surface area contributed by atoms with Crippen LogP contribution in [0.4, 0.5) is 5.69 Å². The van der Waals surface area contributed by atoms with Gasteiger partial charge in [0.15, 0.2) is 0 Å². The Morgan fingerprint density at radius 2 is 2.15 bits per heavy atom. The monoisotopic (exact) mass is 272 g/mol. The van der Waals surface area contributed by atoms with Gasteiger partial charge in [-0.05, 0) is 12.1 Å². The normalized spacial score (nSPS) is 9.90. The van der Waals surface area contributed by atoms with Crippen molar-refractivity contribution in [2.24, 2.45) is 5.84 Å². The summed E-state index contributed by atoms with van der Waals surface area (Å²) in [5.74, 6) is 5.86. The van der Waals surface area contributed by atoms with Crippen LogP contribution in [0.15, 0.2) is 42.7 Å². The SMILES string of the molecule is COc1ccccc1CNC(=O)c1ccncc1NN. The third-order valence-corrected chi connectivity index (χ3v) is 2.85. The number of amides is 1. The standard InChI is InChI=1S/C14H16N4O2/c1-20-13-5-3-2-4-10(13)8-17-14(19)11-6-7-16-9-12(11)18-15/h2-7,9,18H,8,15H2,1H3,(H,17,19). The smallest absolute Gasteiger partial charge is 0.253 e. The number of methoxy groups -OCH3 is 1. The summed E-state index contributed by atoms with van der Waals surface area (Å²) in [5, 5.41) is 2.82. The summed E-state index contributed by atoms with van der Waals surface area (Å²) in [6, 6.07) is 9.12. The molecule has 104 valence electrons. The number of hydrogen-bond acceptors (Lipinski definition) is 5. The molecule has 2 aromatic rings. The van der Waals surface area contributed by atoms with Crippen molar-refractivity contribution in [3.63, 3.8) is 0 Å². The van der Waals surface area contributed by atoms with Gasteiger partial charge in [0, 0.05) is 18.3 Å². The minimum atomic E-state index is -0.230. The first kappa shape index (κ1) is 13.8. The quantitative estimate of drug-likeness (QED) is 0.564. The zero-order chi connectivity index (χ0) is 14.4. The lowest BCUT2D eigenvalue weighted by Gasteiger charge is -2.11. The molecule has 0 radical (unpaired) electrons. The first-order chi connectivity index (χ1) is 9.76. The number of benzene rings is 1. The Hall–Kier alpha value is -2.60. The summed E-state index contributed by atoms with van der Waals surface area (Å²) in [6.45, 7) is 0.370. The molecule has 6 nitrogen and oxygen atoms in total. The molecule has 0 spiro atoms. The molecule has 1 heterocycles. The lowest BCUT2D eigenvalue weighted by atomic mass is 10.2. The van der Waals surface area contributed by atoms with Gasteiger partial charge in [0.2, 0.25) is 0 Å². The number of carbonyl (C=O) groups is 1. The number of nitrogen functional groups attached to an aromatic ring is 1. The van der Waals surface area contributed by atoms with Crippen molar-refractivity contribution < 1.29 is 9.53 Å². The molecular formula is C14H16N4O2. The average molecular weight is 272 g/mol. The van der Waals surface area contributed by atoms with Gasteiger partial charge < -0.3 is 15.5 Å². The van der Waals surface area contributed by atoms with E-state index in [-0.39, 0.29) is 5.91 Å². The van der Waals surface area contributed by atoms with Crippen LogP contribution in [0.1, 0.15) is 15.9 Å². The maximum Gasteiger partial charge on any atom is 0.253 e. The van der Waals surface area contributed by atoms with Crippen molar-refractivity contribution >= 4 is 11.6 Å². The van der Waals surface area contributed by atoms with Gasteiger partial charge in [-0.3, -0.25) is 15.6 Å². The average Bonchev–Trinajstić information content (AvgIpc) is 2.52. The van der Waals surface area contributed by atoms with Gasteiger partial charge >= 0.3 is 0 Å². The fourth-order valence-corrected chi connectivity index (χ4v) is 1.83. The minimum absolute atomic E-state index is 0.230. The van der Waals surface area contributed by atoms with Gasteiger partial charge in [-0.2, -0.15) is 0 Å². The molecule has 1 amide bonds. The fraction of sp³-hybridized carbons (Fsp3) is 0.143. The van der Waals surface area contributed by atoms with Crippen LogP contribution in [0.5, 0.6) is 5.75 Å². The molecule has 0 fully saturated rings. The molecule has 2 rings (SSSR count). The van der Waals surface area contributed by atoms with Crippen LogP contribution in [0.25, 0.3) is 0 Å². The van der Waals surface area contributed by atoms with E-state index in [0.717, 1.165) is 11.3 Å². The van der Waals surface area contributed by atoms with E-state index in [1.807, 2.05) is 24.3 Å². The Kier molecular flexibility index (Phi) is 4.52. The molecule has 1 aromatic carbocycles. The predicted molar refractivity (Wildman–Crippen MR) is 76.2 cm³/mol. The van der Waals surface area contributed by atoms with Gasteiger partial charge in [-0.1, -0.05) is 18.2 Å². The molecular weight excluding hydrogens is 256 g/mol. The van der Waals surface area contributed by atoms with Crippen molar-refractivity contribution in [1.29, 1.82) is 0 Å². The van der Waals surface area contributed by atoms with Crippen LogP contribution in [0, 0.1) is 0 Å². The third kappa shape index (κ3) is 3.04. The maximum absolute atomic E-state index is 12.1. The van der Waals surface area contributed by atoms with Crippen LogP contribution in [-0.2, 0) is 6.54 Å². The number of nitrogens with zero attached hydrogens (tertiary/aromatic N) is 1. The third-order valence-electron chi connectivity index (χ3n) is 2.85. The lowest BCUT2D eigenvalue weighted by Crippen LogP contribution is -2.25. The number of aromatic nitrogens is 1. The molecule has 1 aromatic heterocycles. The van der Waals surface area contributed by atoms with E-state index >= 15 is 0 Å². The largest absolute Gasteiger partial charge is 0.496 e. The number of carbonyl (C=O) groups excluding carboxylic acids is 1. The highest BCUT2D eigenvalue weighted by atomic mass is 16.5. The summed E-state index contributed by atoms with van der Waals surface area (Å²) in [7, 11) is 1.60. The molecule has 0 bridgehead atoms. The second kappa shape index (κ2) is 6.53. The molecule has 0 aliphatic carbocycles. The molecule has 20 heavy (non-hydrogen) atoms. The number of anilines is 1. The second-order valence-electron chi connectivity index (χ2n) is 4.06. The van der Waals surface area contributed by atoms with Crippen LogP contribution >= 0.6 is 0 Å². The molecule has 0 aliphatic rings. The maximum atomic E-state index is 12.1. The summed E-state index contributed by atoms with van der Waals surface area (Å²) in [6.07, 6.45) is 3.04. The van der Waals surface area contributed by atoms with E-state index in [1.54, 1.807) is 19.4 Å². The van der Waals surface area contributed by atoms with E-state index in [1.165, 1.54) is 6.20 Å². The van der Waals surface area contributed by atoms with Gasteiger partial charge in [0.05, 0.1) is 24.6 Å². The van der Waals surface area contributed by atoms with Crippen molar-refractivity contribution in [2.45, 2.75) is 6.54 Å². The Balaban J connectivity index is 2.09. The van der Waals surface area contributed by atoms with E-state index in [2.05, 4.69) is 15.7 Å². The topological polar surface area (TPSA) is 89.3 Å². The van der Waals surface area contributed by atoms with Crippen molar-refractivity contribution in [1.82, 2.24) is 10.3 Å². The van der Waals surface area contributed by atoms with Gasteiger partial charge in [-0.25, -0.2) is 0 Å². The van der Waals surface area contributed by atoms with Crippen LogP contribution < -0.4 is 21.3 Å². The van der Waals surface area contributed by atoms with Crippen LogP contribution in [0.3, 0.4) is 0 Å². The van der Waals surface area contributed by atoms with Crippen molar-refractivity contribution in [2.75, 3.05) is 12.5 Å². The van der Waals surface area contributed by atoms with Crippen molar-refractivity contribution in [3.05, 3.63) is 53.9 Å². The van der Waals surface area contributed by atoms with E-state index in [9.17, 15) is 4.79 Å². The predicted octanol–water partition coefficient (Wildman–Crippen LogP) is 1.31. The zero-order valence-corrected chi connectivity index (χ0v) is 11.1. The van der Waals surface area contributed by atoms with E-state index in [4.69, 9.17) is 10.6 Å². The highest BCUT2D eigenvalue weighted by Gasteiger charge is 2.11. The zero-order valence-electron chi connectivity index (χ0n) is 11.1. The summed E-state index contributed by atoms with van der Waals surface area (Å²) in [5.41, 5.74) is 4.27. The number of pyridine rings is 1. The number of rotatable bonds is 5. The van der Waals surface area contributed by atoms with Crippen molar-refractivity contribution in [3.8, 4) is 5.75 Å². The molecule has 6 heteroatoms. The fourth-order valence-electron chi connectivity index (χ4n) is 1.83. The number of nitrogens with one attached hydrogen (secondary N) is 2. The Labute approximate surface area is 116 Å². The molecule has 0 aliphatic heterocycles. The highest BCUT2D eigenvalue weighted by Crippen LogP contribution is 2.17. The van der Waals surface area contributed by atoms with Crippen LogP contribution in [0.2, 0.25) is 0 Å². The van der Waals surface area contributed by atoms with Crippen LogP contribution in [-0.4, -0.2) is 18.0 Å². The van der Waals surface area contributed by atoms with Gasteiger partial charge in [-0.15, -0.1) is 0 Å². The number of nitrogens with two attached hydrogens (primary N) is 1. The number of ether oxygens (including phenoxy) is 1. The lowest BCUT2D eigenvalue weighted by molar-refractivity contribution is 0.0951. The van der Waals surface area contributed by atoms with E-state index < -0.39 is 0 Å². The first-order valence-electron chi connectivity index (χ1n) is 6.07. The molecule has 0 saturated heterocycles. The Bertz CT molecular complexity index is 601. The van der Waals surface area contributed by atoms with Gasteiger partial charge in [0.25, 0.3) is 5.91 Å². The molecule has 0 atom stereocenters. The number of para-hydroxylation sites is 1. The summed E-state index contributed by atoms with van der Waals surface area (Å²) >= 11 is 0.